The lowest BCUT2D eigenvalue weighted by Gasteiger charge is -1.98. The number of fused-ring (bicyclic) bond motifs is 1. The van der Waals surface area contributed by atoms with E-state index in [0.717, 1.165) is 0 Å². The van der Waals surface area contributed by atoms with E-state index in [1.54, 1.807) is 12.3 Å². The monoisotopic (exact) mass is 253 g/mol. The number of benzene rings is 1. The number of hydrogen-bond donors (Lipinski definition) is 0. The number of hydrogen-bond acceptors (Lipinski definition) is 4. The molecule has 1 aromatic heterocycles. The van der Waals surface area contributed by atoms with E-state index < -0.39 is 4.92 Å². The van der Waals surface area contributed by atoms with E-state index in [4.69, 9.17) is 0 Å². The minimum absolute atomic E-state index is 0.00185. The lowest BCUT2D eigenvalue weighted by molar-refractivity contribution is -0.385. The lowest BCUT2D eigenvalue weighted by Crippen LogP contribution is -1.91. The number of aromatic nitrogens is 2. The predicted molar refractivity (Wildman–Crippen MR) is 53.9 cm³/mol. The SMILES string of the molecule is O=[N+]([O-])c1ccc2nccnc2c1Br. The van der Waals surface area contributed by atoms with Crippen LogP contribution in [-0.2, 0) is 0 Å². The topological polar surface area (TPSA) is 68.9 Å². The first-order valence-electron chi connectivity index (χ1n) is 3.74. The first-order valence-corrected chi connectivity index (χ1v) is 4.53. The first-order chi connectivity index (χ1) is 6.70. The van der Waals surface area contributed by atoms with Gasteiger partial charge in [0.15, 0.2) is 0 Å². The minimum atomic E-state index is -0.460. The fourth-order valence-electron chi connectivity index (χ4n) is 1.13. The molecule has 0 radical (unpaired) electrons. The van der Waals surface area contributed by atoms with Crippen molar-refractivity contribution < 1.29 is 4.92 Å². The number of halogens is 1. The molecule has 0 atom stereocenters. The van der Waals surface area contributed by atoms with Gasteiger partial charge in [-0.25, -0.2) is 0 Å². The Labute approximate surface area is 87.1 Å². The summed E-state index contributed by atoms with van der Waals surface area (Å²) in [6.07, 6.45) is 3.04. The van der Waals surface area contributed by atoms with Crippen molar-refractivity contribution in [2.75, 3.05) is 0 Å². The molecule has 1 heterocycles. The number of nitro groups is 1. The van der Waals surface area contributed by atoms with Gasteiger partial charge in [-0.15, -0.1) is 0 Å². The molecule has 0 aliphatic carbocycles. The summed E-state index contributed by atoms with van der Waals surface area (Å²) in [5.74, 6) is 0. The van der Waals surface area contributed by atoms with Crippen LogP contribution in [0.15, 0.2) is 29.0 Å². The van der Waals surface area contributed by atoms with E-state index in [-0.39, 0.29) is 5.69 Å². The van der Waals surface area contributed by atoms with Crippen molar-refractivity contribution >= 4 is 32.7 Å². The van der Waals surface area contributed by atoms with E-state index >= 15 is 0 Å². The fraction of sp³-hybridized carbons (Fsp3) is 0. The van der Waals surface area contributed by atoms with Crippen LogP contribution in [0.25, 0.3) is 11.0 Å². The van der Waals surface area contributed by atoms with Crippen LogP contribution < -0.4 is 0 Å². The third kappa shape index (κ3) is 1.33. The van der Waals surface area contributed by atoms with Gasteiger partial charge in [0.25, 0.3) is 5.69 Å². The van der Waals surface area contributed by atoms with Gasteiger partial charge in [-0.05, 0) is 22.0 Å². The summed E-state index contributed by atoms with van der Waals surface area (Å²) >= 11 is 3.14. The first kappa shape index (κ1) is 9.01. The summed E-state index contributed by atoms with van der Waals surface area (Å²) in [6, 6.07) is 2.98. The molecule has 5 nitrogen and oxygen atoms in total. The van der Waals surface area contributed by atoms with E-state index in [1.807, 2.05) is 0 Å². The maximum absolute atomic E-state index is 10.6. The quantitative estimate of drug-likeness (QED) is 0.578. The summed E-state index contributed by atoms with van der Waals surface area (Å²) in [4.78, 5) is 18.2. The van der Waals surface area contributed by atoms with Crippen molar-refractivity contribution in [1.82, 2.24) is 9.97 Å². The van der Waals surface area contributed by atoms with Gasteiger partial charge < -0.3 is 0 Å². The number of nitro benzene ring substituents is 1. The molecule has 0 aliphatic heterocycles. The molecule has 14 heavy (non-hydrogen) atoms. The van der Waals surface area contributed by atoms with Crippen molar-refractivity contribution in [2.45, 2.75) is 0 Å². The molecule has 1 aromatic carbocycles. The molecule has 0 aliphatic rings. The van der Waals surface area contributed by atoms with E-state index in [2.05, 4.69) is 25.9 Å². The number of nitrogens with zero attached hydrogens (tertiary/aromatic N) is 3. The molecule has 0 spiro atoms. The second-order valence-corrected chi connectivity index (χ2v) is 3.37. The van der Waals surface area contributed by atoms with Gasteiger partial charge in [0, 0.05) is 18.5 Å². The van der Waals surface area contributed by atoms with Crippen molar-refractivity contribution in [1.29, 1.82) is 0 Å². The van der Waals surface area contributed by atoms with Crippen molar-refractivity contribution in [3.05, 3.63) is 39.1 Å². The van der Waals surface area contributed by atoms with Crippen LogP contribution in [0.1, 0.15) is 0 Å². The maximum Gasteiger partial charge on any atom is 0.285 e. The Morgan fingerprint density at radius 1 is 1.29 bits per heavy atom. The Bertz CT molecular complexity index is 515. The Balaban J connectivity index is 2.81. The summed E-state index contributed by atoms with van der Waals surface area (Å²) in [5.41, 5.74) is 1.13. The summed E-state index contributed by atoms with van der Waals surface area (Å²) in [6.45, 7) is 0. The van der Waals surface area contributed by atoms with Gasteiger partial charge in [-0.2, -0.15) is 0 Å². The van der Waals surface area contributed by atoms with Gasteiger partial charge in [-0.3, -0.25) is 20.1 Å². The molecule has 0 saturated heterocycles. The highest BCUT2D eigenvalue weighted by atomic mass is 79.9. The van der Waals surface area contributed by atoms with Crippen LogP contribution in [0.3, 0.4) is 0 Å². The molecule has 2 rings (SSSR count). The zero-order valence-electron chi connectivity index (χ0n) is 6.85. The highest BCUT2D eigenvalue weighted by Gasteiger charge is 2.15. The standard InChI is InChI=1S/C8H4BrN3O2/c9-7-6(12(13)14)2-1-5-8(7)11-4-3-10-5/h1-4H. The highest BCUT2D eigenvalue weighted by molar-refractivity contribution is 9.10. The molecule has 2 aromatic rings. The van der Waals surface area contributed by atoms with Crippen molar-refractivity contribution in [3.63, 3.8) is 0 Å². The van der Waals surface area contributed by atoms with Gasteiger partial charge in [0.1, 0.15) is 9.99 Å². The fourth-order valence-corrected chi connectivity index (χ4v) is 1.72. The Hall–Kier alpha value is -1.56. The molecule has 0 fully saturated rings. The third-order valence-corrected chi connectivity index (χ3v) is 2.54. The van der Waals surface area contributed by atoms with E-state index in [9.17, 15) is 10.1 Å². The average molecular weight is 254 g/mol. The van der Waals surface area contributed by atoms with Gasteiger partial charge in [0.2, 0.25) is 0 Å². The molecule has 70 valence electrons. The third-order valence-electron chi connectivity index (χ3n) is 1.76. The van der Waals surface area contributed by atoms with Crippen molar-refractivity contribution in [3.8, 4) is 0 Å². The Morgan fingerprint density at radius 3 is 2.71 bits per heavy atom. The normalized spacial score (nSPS) is 10.4. The zero-order valence-corrected chi connectivity index (χ0v) is 8.43. The van der Waals surface area contributed by atoms with Crippen LogP contribution in [0.4, 0.5) is 5.69 Å². The van der Waals surface area contributed by atoms with E-state index in [0.29, 0.717) is 15.5 Å². The van der Waals surface area contributed by atoms with E-state index in [1.165, 1.54) is 12.3 Å². The molecule has 0 saturated carbocycles. The Morgan fingerprint density at radius 2 is 2.00 bits per heavy atom. The summed E-state index contributed by atoms with van der Waals surface area (Å²) in [7, 11) is 0. The van der Waals surface area contributed by atoms with Crippen LogP contribution in [0.5, 0.6) is 0 Å². The minimum Gasteiger partial charge on any atom is -0.258 e. The van der Waals surface area contributed by atoms with Crippen LogP contribution >= 0.6 is 15.9 Å². The zero-order chi connectivity index (χ0) is 10.1. The van der Waals surface area contributed by atoms with Gasteiger partial charge in [-0.1, -0.05) is 0 Å². The smallest absolute Gasteiger partial charge is 0.258 e. The summed E-state index contributed by atoms with van der Waals surface area (Å²) < 4.78 is 0.369. The van der Waals surface area contributed by atoms with Crippen LogP contribution in [-0.4, -0.2) is 14.9 Å². The molecular formula is C8H4BrN3O2. The second-order valence-electron chi connectivity index (χ2n) is 2.58. The van der Waals surface area contributed by atoms with Crippen molar-refractivity contribution in [2.24, 2.45) is 0 Å². The molecular weight excluding hydrogens is 250 g/mol. The van der Waals surface area contributed by atoms with Crippen LogP contribution in [0.2, 0.25) is 0 Å². The average Bonchev–Trinajstić information content (AvgIpc) is 2.18. The molecule has 0 amide bonds. The lowest BCUT2D eigenvalue weighted by atomic mass is 10.2. The summed E-state index contributed by atoms with van der Waals surface area (Å²) in [5, 5.41) is 10.6. The maximum atomic E-state index is 10.6. The van der Waals surface area contributed by atoms with Gasteiger partial charge in [0.05, 0.1) is 10.4 Å². The number of rotatable bonds is 1. The molecule has 0 unspecified atom stereocenters. The largest absolute Gasteiger partial charge is 0.285 e. The second kappa shape index (κ2) is 3.30. The predicted octanol–water partition coefficient (Wildman–Crippen LogP) is 2.30. The molecule has 6 heteroatoms. The Kier molecular flexibility index (Phi) is 2.12. The van der Waals surface area contributed by atoms with Gasteiger partial charge >= 0.3 is 0 Å². The molecule has 0 N–H and O–H groups in total. The van der Waals surface area contributed by atoms with Crippen LogP contribution in [0, 0.1) is 10.1 Å². The highest BCUT2D eigenvalue weighted by Crippen LogP contribution is 2.30. The molecule has 0 bridgehead atoms.